The lowest BCUT2D eigenvalue weighted by molar-refractivity contribution is -0.147. The summed E-state index contributed by atoms with van der Waals surface area (Å²) in [7, 11) is -4.74. The molecule has 11 nitrogen and oxygen atoms in total. The Morgan fingerprint density at radius 3 is 1.29 bits per heavy atom. The van der Waals surface area contributed by atoms with Crippen molar-refractivity contribution in [3.05, 3.63) is 0 Å². The maximum absolute atomic E-state index is 12.3. The molecule has 3 atom stereocenters. The standard InChI is InChI=1S/C39H76NO10P/c1-3-5-7-9-11-12-13-14-15-16-17-18-19-20-21-22-23-25-26-28-30-37(42)40-36(39(44)45)34-50-51(46,47)49-33-35(41)32-48-38(43)31-29-27-24-10-8-6-4-2/h35-36,41H,3-34H2,1-2H3,(H,40,42)(H,44,45)(H,46,47). The molecule has 0 aliphatic carbocycles. The van der Waals surface area contributed by atoms with E-state index in [0.29, 0.717) is 12.8 Å². The number of carboxylic acids is 1. The number of hydrogen-bond acceptors (Lipinski definition) is 8. The second kappa shape index (κ2) is 35.5. The Balaban J connectivity index is 3.84. The van der Waals surface area contributed by atoms with Crippen molar-refractivity contribution >= 4 is 25.7 Å². The monoisotopic (exact) mass is 750 g/mol. The predicted octanol–water partition coefficient (Wildman–Crippen LogP) is 9.95. The first-order chi connectivity index (χ1) is 24.6. The van der Waals surface area contributed by atoms with Gasteiger partial charge in [0.1, 0.15) is 12.7 Å². The highest BCUT2D eigenvalue weighted by atomic mass is 31.2. The lowest BCUT2D eigenvalue weighted by atomic mass is 10.0. The summed E-state index contributed by atoms with van der Waals surface area (Å²) in [5.41, 5.74) is 0. The van der Waals surface area contributed by atoms with E-state index in [2.05, 4.69) is 19.2 Å². The van der Waals surface area contributed by atoms with Crippen LogP contribution in [0.15, 0.2) is 0 Å². The lowest BCUT2D eigenvalue weighted by Crippen LogP contribution is -2.43. The van der Waals surface area contributed by atoms with Crippen LogP contribution in [0.3, 0.4) is 0 Å². The molecule has 0 saturated heterocycles. The minimum Gasteiger partial charge on any atom is -0.480 e. The molecule has 0 aromatic carbocycles. The van der Waals surface area contributed by atoms with E-state index >= 15 is 0 Å². The topological polar surface area (TPSA) is 169 Å². The number of aliphatic hydroxyl groups is 1. The van der Waals surface area contributed by atoms with Crippen LogP contribution in [0.4, 0.5) is 0 Å². The van der Waals surface area contributed by atoms with Gasteiger partial charge in [0.15, 0.2) is 6.04 Å². The molecule has 12 heteroatoms. The minimum absolute atomic E-state index is 0.153. The normalized spacial score (nSPS) is 13.8. The average Bonchev–Trinajstić information content (AvgIpc) is 3.10. The number of rotatable bonds is 39. The van der Waals surface area contributed by atoms with Crippen molar-refractivity contribution in [1.82, 2.24) is 5.32 Å². The van der Waals surface area contributed by atoms with E-state index in [1.807, 2.05) is 0 Å². The fraction of sp³-hybridized carbons (Fsp3) is 0.923. The van der Waals surface area contributed by atoms with Gasteiger partial charge in [-0.15, -0.1) is 0 Å². The molecule has 1 amide bonds. The van der Waals surface area contributed by atoms with Gasteiger partial charge < -0.3 is 25.2 Å². The van der Waals surface area contributed by atoms with Crippen LogP contribution < -0.4 is 5.32 Å². The molecule has 0 aromatic heterocycles. The molecule has 0 fully saturated rings. The van der Waals surface area contributed by atoms with E-state index in [1.54, 1.807) is 0 Å². The summed E-state index contributed by atoms with van der Waals surface area (Å²) < 4.78 is 26.6. The molecule has 302 valence electrons. The molecule has 0 aliphatic heterocycles. The largest absolute Gasteiger partial charge is 0.480 e. The Hall–Kier alpha value is -1.52. The molecule has 0 rings (SSSR count). The molecule has 0 saturated carbocycles. The number of phosphoric ester groups is 1. The van der Waals surface area contributed by atoms with Crippen molar-refractivity contribution in [1.29, 1.82) is 0 Å². The third kappa shape index (κ3) is 35.3. The van der Waals surface area contributed by atoms with Crippen molar-refractivity contribution < 1.29 is 47.8 Å². The van der Waals surface area contributed by atoms with Gasteiger partial charge in [-0.1, -0.05) is 174 Å². The summed E-state index contributed by atoms with van der Waals surface area (Å²) in [4.78, 5) is 45.6. The maximum Gasteiger partial charge on any atom is 0.472 e. The molecule has 0 aromatic rings. The number of aliphatic carboxylic acids is 1. The second-order valence-electron chi connectivity index (χ2n) is 14.2. The van der Waals surface area contributed by atoms with Gasteiger partial charge in [-0.2, -0.15) is 0 Å². The van der Waals surface area contributed by atoms with Crippen LogP contribution in [0.5, 0.6) is 0 Å². The van der Waals surface area contributed by atoms with Crippen LogP contribution in [0.25, 0.3) is 0 Å². The zero-order valence-electron chi connectivity index (χ0n) is 32.4. The third-order valence-corrected chi connectivity index (χ3v) is 10.1. The summed E-state index contributed by atoms with van der Waals surface area (Å²) in [5.74, 6) is -2.36. The van der Waals surface area contributed by atoms with Crippen LogP contribution >= 0.6 is 7.82 Å². The molecule has 0 heterocycles. The fourth-order valence-corrected chi connectivity index (χ4v) is 6.68. The SMILES string of the molecule is CCCCCCCCCCCCCCCCCCCCCCC(=O)NC(COP(=O)(O)OCC(O)COC(=O)CCCCCCCCC)C(=O)O. The van der Waals surface area contributed by atoms with Gasteiger partial charge in [-0.3, -0.25) is 18.6 Å². The number of amides is 1. The molecule has 4 N–H and O–H groups in total. The van der Waals surface area contributed by atoms with Gasteiger partial charge in [0.25, 0.3) is 0 Å². The molecule has 0 aliphatic rings. The third-order valence-electron chi connectivity index (χ3n) is 9.15. The molecule has 0 bridgehead atoms. The van der Waals surface area contributed by atoms with E-state index < -0.39 is 57.6 Å². The van der Waals surface area contributed by atoms with Crippen molar-refractivity contribution in [2.75, 3.05) is 19.8 Å². The van der Waals surface area contributed by atoms with Crippen LogP contribution in [-0.4, -0.2) is 64.9 Å². The Kier molecular flexibility index (Phi) is 34.4. The van der Waals surface area contributed by atoms with Crippen LogP contribution in [-0.2, 0) is 32.7 Å². The summed E-state index contributed by atoms with van der Waals surface area (Å²) in [6.45, 7) is 2.55. The number of hydrogen-bond donors (Lipinski definition) is 4. The van der Waals surface area contributed by atoms with Crippen LogP contribution in [0.2, 0.25) is 0 Å². The minimum atomic E-state index is -4.74. The second-order valence-corrected chi connectivity index (χ2v) is 15.6. The number of phosphoric acid groups is 1. The summed E-state index contributed by atoms with van der Waals surface area (Å²) >= 11 is 0. The molecule has 3 unspecified atom stereocenters. The smallest absolute Gasteiger partial charge is 0.472 e. The van der Waals surface area contributed by atoms with Crippen molar-refractivity contribution in [3.63, 3.8) is 0 Å². The number of unbranched alkanes of at least 4 members (excludes halogenated alkanes) is 25. The Labute approximate surface area is 310 Å². The van der Waals surface area contributed by atoms with Gasteiger partial charge in [0.2, 0.25) is 5.91 Å². The van der Waals surface area contributed by atoms with Crippen LogP contribution in [0.1, 0.15) is 200 Å². The number of esters is 1. The van der Waals surface area contributed by atoms with Crippen molar-refractivity contribution in [3.8, 4) is 0 Å². The molecule has 51 heavy (non-hydrogen) atoms. The first kappa shape index (κ1) is 49.5. The zero-order chi connectivity index (χ0) is 37.8. The Morgan fingerprint density at radius 2 is 0.902 bits per heavy atom. The predicted molar refractivity (Wildman–Crippen MR) is 204 cm³/mol. The highest BCUT2D eigenvalue weighted by Gasteiger charge is 2.28. The number of carbonyl (C=O) groups excluding carboxylic acids is 2. The van der Waals surface area contributed by atoms with E-state index in [-0.39, 0.29) is 12.8 Å². The van der Waals surface area contributed by atoms with E-state index in [4.69, 9.17) is 13.8 Å². The van der Waals surface area contributed by atoms with Gasteiger partial charge in [0.05, 0.1) is 13.2 Å². The molecular formula is C39H76NO10P. The van der Waals surface area contributed by atoms with Crippen molar-refractivity contribution in [2.45, 2.75) is 212 Å². The van der Waals surface area contributed by atoms with Gasteiger partial charge in [-0.25, -0.2) is 9.36 Å². The zero-order valence-corrected chi connectivity index (χ0v) is 33.3. The maximum atomic E-state index is 12.3. The average molecular weight is 750 g/mol. The van der Waals surface area contributed by atoms with Gasteiger partial charge in [-0.05, 0) is 12.8 Å². The first-order valence-electron chi connectivity index (χ1n) is 20.6. The van der Waals surface area contributed by atoms with E-state index in [9.17, 15) is 34.1 Å². The number of carbonyl (C=O) groups is 3. The van der Waals surface area contributed by atoms with E-state index in [1.165, 1.54) is 122 Å². The number of ether oxygens (including phenoxy) is 1. The quantitative estimate of drug-likeness (QED) is 0.0270. The molecule has 0 spiro atoms. The van der Waals surface area contributed by atoms with Crippen LogP contribution in [0, 0.1) is 0 Å². The summed E-state index contributed by atoms with van der Waals surface area (Å²) in [6, 6.07) is -1.54. The summed E-state index contributed by atoms with van der Waals surface area (Å²) in [5, 5.41) is 21.7. The lowest BCUT2D eigenvalue weighted by Gasteiger charge is -2.18. The van der Waals surface area contributed by atoms with Crippen molar-refractivity contribution in [2.24, 2.45) is 0 Å². The molecule has 0 radical (unpaired) electrons. The van der Waals surface area contributed by atoms with E-state index in [0.717, 1.165) is 38.5 Å². The first-order valence-corrected chi connectivity index (χ1v) is 22.1. The Morgan fingerprint density at radius 1 is 0.549 bits per heavy atom. The van der Waals surface area contributed by atoms with Gasteiger partial charge >= 0.3 is 19.8 Å². The summed E-state index contributed by atoms with van der Waals surface area (Å²) in [6.07, 6.45) is 31.6. The highest BCUT2D eigenvalue weighted by Crippen LogP contribution is 2.43. The number of nitrogens with one attached hydrogen (secondary N) is 1. The highest BCUT2D eigenvalue weighted by molar-refractivity contribution is 7.47. The Bertz CT molecular complexity index is 890. The number of carboxylic acid groups (broad SMARTS) is 1. The fourth-order valence-electron chi connectivity index (χ4n) is 5.90. The molecular weight excluding hydrogens is 673 g/mol. The number of aliphatic hydroxyl groups excluding tert-OH is 1. The van der Waals surface area contributed by atoms with Gasteiger partial charge in [0, 0.05) is 12.8 Å².